The Morgan fingerprint density at radius 3 is 2.88 bits per heavy atom. The van der Waals surface area contributed by atoms with Crippen LogP contribution in [0.15, 0.2) is 24.3 Å². The molecule has 3 heteroatoms. The molecule has 0 bridgehead atoms. The summed E-state index contributed by atoms with van der Waals surface area (Å²) in [6, 6.07) is 8.75. The van der Waals surface area contributed by atoms with Gasteiger partial charge < -0.3 is 5.73 Å². The molecule has 0 saturated carbocycles. The molecule has 1 heterocycles. The Balaban J connectivity index is 2.07. The van der Waals surface area contributed by atoms with Gasteiger partial charge in [0.25, 0.3) is 0 Å². The van der Waals surface area contributed by atoms with E-state index in [1.165, 1.54) is 29.1 Å². The lowest BCUT2D eigenvalue weighted by molar-refractivity contribution is 0.143. The fourth-order valence-corrected chi connectivity index (χ4v) is 4.00. The average Bonchev–Trinajstić information content (AvgIpc) is 2.78. The summed E-state index contributed by atoms with van der Waals surface area (Å²) in [6.07, 6.45) is 1.22. The molecule has 1 aliphatic rings. The molecule has 1 saturated heterocycles. The Morgan fingerprint density at radius 2 is 2.29 bits per heavy atom. The highest BCUT2D eigenvalue weighted by molar-refractivity contribution is 7.99. The topological polar surface area (TPSA) is 29.3 Å². The van der Waals surface area contributed by atoms with Gasteiger partial charge in [0.05, 0.1) is 0 Å². The molecule has 1 aromatic carbocycles. The third-order valence-corrected chi connectivity index (χ3v) is 5.01. The van der Waals surface area contributed by atoms with Gasteiger partial charge in [-0.25, -0.2) is 0 Å². The molecule has 94 valence electrons. The average molecular weight is 250 g/mol. The van der Waals surface area contributed by atoms with Crippen LogP contribution in [-0.2, 0) is 6.54 Å². The van der Waals surface area contributed by atoms with Crippen molar-refractivity contribution in [3.63, 3.8) is 0 Å². The van der Waals surface area contributed by atoms with Crippen molar-refractivity contribution in [1.82, 2.24) is 4.90 Å². The van der Waals surface area contributed by atoms with Gasteiger partial charge in [0.2, 0.25) is 0 Å². The summed E-state index contributed by atoms with van der Waals surface area (Å²) in [5.41, 5.74) is 8.93. The normalized spacial score (nSPS) is 24.5. The maximum atomic E-state index is 6.00. The minimum atomic E-state index is 0.217. The fraction of sp³-hybridized carbons (Fsp3) is 0.571. The smallest absolute Gasteiger partial charge is 0.0430 e. The number of benzene rings is 1. The lowest BCUT2D eigenvalue weighted by Crippen LogP contribution is -2.51. The molecule has 2 nitrogen and oxygen atoms in total. The van der Waals surface area contributed by atoms with Crippen molar-refractivity contribution >= 4 is 11.8 Å². The summed E-state index contributed by atoms with van der Waals surface area (Å²) in [4.78, 5) is 2.45. The van der Waals surface area contributed by atoms with Crippen LogP contribution in [0.1, 0.15) is 17.5 Å². The molecule has 0 aromatic heterocycles. The molecule has 17 heavy (non-hydrogen) atoms. The van der Waals surface area contributed by atoms with Crippen LogP contribution in [0.4, 0.5) is 0 Å². The predicted octanol–water partition coefficient (Wildman–Crippen LogP) is 2.26. The van der Waals surface area contributed by atoms with Gasteiger partial charge in [-0.15, -0.1) is 0 Å². The first-order valence-electron chi connectivity index (χ1n) is 6.21. The Labute approximate surface area is 109 Å². The van der Waals surface area contributed by atoms with Crippen LogP contribution in [0.3, 0.4) is 0 Å². The Hall–Kier alpha value is -0.510. The standard InChI is InChI=1S/C14H22N2S/c1-12-4-3-5-13(8-12)9-16(2)14(10-15)6-7-17-11-14/h3-5,8H,6-7,9-11,15H2,1-2H3. The summed E-state index contributed by atoms with van der Waals surface area (Å²) in [5.74, 6) is 2.42. The van der Waals surface area contributed by atoms with Crippen LogP contribution in [0.5, 0.6) is 0 Å². The summed E-state index contributed by atoms with van der Waals surface area (Å²) in [7, 11) is 2.21. The number of nitrogens with two attached hydrogens (primary N) is 1. The molecule has 2 N–H and O–H groups in total. The van der Waals surface area contributed by atoms with E-state index in [1.54, 1.807) is 0 Å². The number of thioether (sulfide) groups is 1. The molecular formula is C14H22N2S. The van der Waals surface area contributed by atoms with Gasteiger partial charge in [0.15, 0.2) is 0 Å². The van der Waals surface area contributed by atoms with Crippen LogP contribution in [0.25, 0.3) is 0 Å². The number of likely N-dealkylation sites (N-methyl/N-ethyl adjacent to an activating group) is 1. The summed E-state index contributed by atoms with van der Waals surface area (Å²) >= 11 is 2.03. The number of hydrogen-bond donors (Lipinski definition) is 1. The highest BCUT2D eigenvalue weighted by Crippen LogP contribution is 2.32. The third kappa shape index (κ3) is 2.84. The minimum absolute atomic E-state index is 0.217. The third-order valence-electron chi connectivity index (χ3n) is 3.77. The monoisotopic (exact) mass is 250 g/mol. The van der Waals surface area contributed by atoms with Crippen LogP contribution >= 0.6 is 11.8 Å². The Kier molecular flexibility index (Phi) is 4.13. The molecular weight excluding hydrogens is 228 g/mol. The molecule has 0 amide bonds. The van der Waals surface area contributed by atoms with Gasteiger partial charge in [0, 0.05) is 24.4 Å². The maximum absolute atomic E-state index is 6.00. The second-order valence-electron chi connectivity index (χ2n) is 5.08. The highest BCUT2D eigenvalue weighted by atomic mass is 32.2. The molecule has 1 unspecified atom stereocenters. The van der Waals surface area contributed by atoms with E-state index in [9.17, 15) is 0 Å². The summed E-state index contributed by atoms with van der Waals surface area (Å²) in [5, 5.41) is 0. The van der Waals surface area contributed by atoms with E-state index in [-0.39, 0.29) is 5.54 Å². The second-order valence-corrected chi connectivity index (χ2v) is 6.18. The molecule has 1 aromatic rings. The van der Waals surface area contributed by atoms with Crippen molar-refractivity contribution in [3.05, 3.63) is 35.4 Å². The van der Waals surface area contributed by atoms with E-state index >= 15 is 0 Å². The van der Waals surface area contributed by atoms with Gasteiger partial charge in [0.1, 0.15) is 0 Å². The number of rotatable bonds is 4. The molecule has 0 radical (unpaired) electrons. The first kappa shape index (κ1) is 12.9. The molecule has 0 spiro atoms. The first-order chi connectivity index (χ1) is 8.16. The van der Waals surface area contributed by atoms with Crippen LogP contribution in [-0.4, -0.2) is 35.5 Å². The quantitative estimate of drug-likeness (QED) is 0.889. The lowest BCUT2D eigenvalue weighted by atomic mass is 9.96. The van der Waals surface area contributed by atoms with Gasteiger partial charge in [-0.05, 0) is 31.7 Å². The zero-order chi connectivity index (χ0) is 12.3. The van der Waals surface area contributed by atoms with Gasteiger partial charge in [-0.1, -0.05) is 29.8 Å². The first-order valence-corrected chi connectivity index (χ1v) is 7.36. The van der Waals surface area contributed by atoms with Crippen molar-refractivity contribution < 1.29 is 0 Å². The molecule has 2 rings (SSSR count). The molecule has 1 fully saturated rings. The lowest BCUT2D eigenvalue weighted by Gasteiger charge is -2.37. The molecule has 1 aliphatic heterocycles. The molecule has 1 atom stereocenters. The highest BCUT2D eigenvalue weighted by Gasteiger charge is 2.36. The second kappa shape index (κ2) is 5.42. The van der Waals surface area contributed by atoms with Gasteiger partial charge in [-0.3, -0.25) is 4.90 Å². The zero-order valence-electron chi connectivity index (χ0n) is 10.8. The summed E-state index contributed by atoms with van der Waals surface area (Å²) in [6.45, 7) is 3.91. The largest absolute Gasteiger partial charge is 0.329 e. The fourth-order valence-electron chi connectivity index (χ4n) is 2.47. The van der Waals surface area contributed by atoms with E-state index in [0.29, 0.717) is 0 Å². The van der Waals surface area contributed by atoms with Crippen LogP contribution < -0.4 is 5.73 Å². The van der Waals surface area contributed by atoms with Crippen molar-refractivity contribution in [3.8, 4) is 0 Å². The van der Waals surface area contributed by atoms with E-state index in [4.69, 9.17) is 5.73 Å². The summed E-state index contributed by atoms with van der Waals surface area (Å²) < 4.78 is 0. The Morgan fingerprint density at radius 1 is 1.47 bits per heavy atom. The van der Waals surface area contributed by atoms with Crippen molar-refractivity contribution in [2.24, 2.45) is 5.73 Å². The number of hydrogen-bond acceptors (Lipinski definition) is 3. The van der Waals surface area contributed by atoms with Crippen molar-refractivity contribution in [1.29, 1.82) is 0 Å². The van der Waals surface area contributed by atoms with Gasteiger partial charge in [-0.2, -0.15) is 11.8 Å². The maximum Gasteiger partial charge on any atom is 0.0430 e. The van der Waals surface area contributed by atoms with E-state index in [2.05, 4.69) is 43.1 Å². The van der Waals surface area contributed by atoms with Gasteiger partial charge >= 0.3 is 0 Å². The number of nitrogens with zero attached hydrogens (tertiary/aromatic N) is 1. The van der Waals surface area contributed by atoms with E-state index in [0.717, 1.165) is 13.1 Å². The van der Waals surface area contributed by atoms with Crippen LogP contribution in [0, 0.1) is 6.92 Å². The van der Waals surface area contributed by atoms with Crippen molar-refractivity contribution in [2.75, 3.05) is 25.1 Å². The van der Waals surface area contributed by atoms with E-state index < -0.39 is 0 Å². The number of aryl methyl sites for hydroxylation is 1. The zero-order valence-corrected chi connectivity index (χ0v) is 11.6. The predicted molar refractivity (Wildman–Crippen MR) is 76.4 cm³/mol. The van der Waals surface area contributed by atoms with Crippen LogP contribution in [0.2, 0.25) is 0 Å². The van der Waals surface area contributed by atoms with Crippen molar-refractivity contribution in [2.45, 2.75) is 25.4 Å². The minimum Gasteiger partial charge on any atom is -0.329 e. The molecule has 0 aliphatic carbocycles. The Bertz CT molecular complexity index is 372. The SMILES string of the molecule is Cc1cccc(CN(C)C2(CN)CCSC2)c1. The van der Waals surface area contributed by atoms with E-state index in [1.807, 2.05) is 11.8 Å².